The number of hydrogen-bond donors (Lipinski definition) is 0. The van der Waals surface area contributed by atoms with Crippen LogP contribution in [0.3, 0.4) is 0 Å². The molecule has 3 aromatic carbocycles. The zero-order valence-corrected chi connectivity index (χ0v) is 46.7. The van der Waals surface area contributed by atoms with E-state index in [0.29, 0.717) is 43.9 Å². The zero-order valence-electron chi connectivity index (χ0n) is 46.7. The van der Waals surface area contributed by atoms with Gasteiger partial charge in [0.2, 0.25) is 11.5 Å². The van der Waals surface area contributed by atoms with Crippen molar-refractivity contribution >= 4 is 57.4 Å². The number of fused-ring (bicyclic) bond motifs is 3. The quantitative estimate of drug-likeness (QED) is 0.0229. The van der Waals surface area contributed by atoms with E-state index < -0.39 is 41.6 Å². The van der Waals surface area contributed by atoms with E-state index in [1.54, 1.807) is 24.3 Å². The molecule has 0 radical (unpaired) electrons. The van der Waals surface area contributed by atoms with Crippen LogP contribution in [0, 0.1) is 0 Å². The fraction of sp³-hybridized carbons (Fsp3) is 0.677. The minimum absolute atomic E-state index is 0.000533. The maximum Gasteiger partial charge on any atom is 0.311 e. The van der Waals surface area contributed by atoms with E-state index in [1.807, 2.05) is 0 Å². The number of esters is 6. The number of ether oxygens (including phenoxy) is 6. The first-order chi connectivity index (χ1) is 36.0. The van der Waals surface area contributed by atoms with Crippen molar-refractivity contribution in [1.29, 1.82) is 0 Å². The van der Waals surface area contributed by atoms with Gasteiger partial charge in [0.1, 0.15) is 0 Å². The van der Waals surface area contributed by atoms with Crippen LogP contribution in [0.15, 0.2) is 24.3 Å². The Balaban J connectivity index is 2.51. The van der Waals surface area contributed by atoms with Crippen molar-refractivity contribution in [2.75, 3.05) is 0 Å². The largest absolute Gasteiger partial charge is 0.422 e. The predicted molar refractivity (Wildman–Crippen MR) is 296 cm³/mol. The molecule has 3 rings (SSSR count). The van der Waals surface area contributed by atoms with Crippen molar-refractivity contribution in [1.82, 2.24) is 0 Å². The number of benzene rings is 3. The van der Waals surface area contributed by atoms with Crippen molar-refractivity contribution in [2.45, 2.75) is 273 Å². The van der Waals surface area contributed by atoms with E-state index in [0.717, 1.165) is 154 Å². The molecule has 0 aliphatic carbocycles. The molecule has 0 aliphatic heterocycles. The molecule has 12 heteroatoms. The highest BCUT2D eigenvalue weighted by molar-refractivity contribution is 6.19. The third kappa shape index (κ3) is 23.7. The Kier molecular flexibility index (Phi) is 33.0. The molecular formula is C62H94O12. The molecule has 414 valence electrons. The third-order valence-electron chi connectivity index (χ3n) is 13.4. The van der Waals surface area contributed by atoms with Crippen LogP contribution in [0.1, 0.15) is 273 Å². The SMILES string of the molecule is CCCCCCCC(=O)Oc1ccc2ccc3c(OC(=O)CCCCCCC)c(OC(=O)CCCCCCC)c(OC(=O)CCCCCCC)c(OC(=O)CCCCCCC)c3c2c1OC(=O)CCCCCCC. The fourth-order valence-electron chi connectivity index (χ4n) is 9.03. The molecule has 0 aliphatic rings. The van der Waals surface area contributed by atoms with Gasteiger partial charge < -0.3 is 28.4 Å². The van der Waals surface area contributed by atoms with E-state index in [4.69, 9.17) is 28.4 Å². The van der Waals surface area contributed by atoms with Gasteiger partial charge >= 0.3 is 35.8 Å². The second-order valence-corrected chi connectivity index (χ2v) is 20.1. The Morgan fingerprint density at radius 3 is 0.892 bits per heavy atom. The summed E-state index contributed by atoms with van der Waals surface area (Å²) >= 11 is 0. The summed E-state index contributed by atoms with van der Waals surface area (Å²) in [7, 11) is 0. The molecule has 3 aromatic rings. The first kappa shape index (κ1) is 63.3. The second kappa shape index (κ2) is 38.5. The summed E-state index contributed by atoms with van der Waals surface area (Å²) in [5.74, 6) is -5.07. The van der Waals surface area contributed by atoms with Crippen LogP contribution < -0.4 is 28.4 Å². The molecule has 0 fully saturated rings. The van der Waals surface area contributed by atoms with Gasteiger partial charge in [0.25, 0.3) is 0 Å². The number of carbonyl (C=O) groups excluding carboxylic acids is 6. The average molecular weight is 1030 g/mol. The Bertz CT molecular complexity index is 2160. The minimum Gasteiger partial charge on any atom is -0.422 e. The van der Waals surface area contributed by atoms with Crippen LogP contribution in [-0.2, 0) is 28.8 Å². The van der Waals surface area contributed by atoms with Crippen molar-refractivity contribution in [3.63, 3.8) is 0 Å². The molecule has 0 N–H and O–H groups in total. The van der Waals surface area contributed by atoms with Crippen LogP contribution in [0.2, 0.25) is 0 Å². The van der Waals surface area contributed by atoms with Crippen LogP contribution in [0.4, 0.5) is 0 Å². The highest BCUT2D eigenvalue weighted by Gasteiger charge is 2.34. The molecule has 0 heterocycles. The van der Waals surface area contributed by atoms with Crippen LogP contribution in [-0.4, -0.2) is 35.8 Å². The summed E-state index contributed by atoms with van der Waals surface area (Å²) in [6, 6.07) is 6.66. The molecule has 0 spiro atoms. The normalized spacial score (nSPS) is 11.2. The maximum atomic E-state index is 14.3. The lowest BCUT2D eigenvalue weighted by atomic mass is 9.97. The van der Waals surface area contributed by atoms with Gasteiger partial charge in [-0.25, -0.2) is 0 Å². The molecule has 0 bridgehead atoms. The fourth-order valence-corrected chi connectivity index (χ4v) is 9.03. The summed E-state index contributed by atoms with van der Waals surface area (Å²) in [5.41, 5.74) is 0. The highest BCUT2D eigenvalue weighted by atomic mass is 16.6. The first-order valence-corrected chi connectivity index (χ1v) is 29.4. The molecular weight excluding hydrogens is 937 g/mol. The van der Waals surface area contributed by atoms with Gasteiger partial charge in [0.05, 0.1) is 0 Å². The number of rotatable bonds is 42. The van der Waals surface area contributed by atoms with Gasteiger partial charge in [0.15, 0.2) is 23.0 Å². The molecule has 0 amide bonds. The molecule has 0 aromatic heterocycles. The minimum atomic E-state index is -0.675. The van der Waals surface area contributed by atoms with E-state index in [-0.39, 0.29) is 83.4 Å². The highest BCUT2D eigenvalue weighted by Crippen LogP contribution is 2.56. The van der Waals surface area contributed by atoms with Gasteiger partial charge in [0, 0.05) is 54.7 Å². The Morgan fingerprint density at radius 1 is 0.270 bits per heavy atom. The van der Waals surface area contributed by atoms with Crippen molar-refractivity contribution < 1.29 is 57.2 Å². The standard InChI is InChI=1S/C62H94O12/c1-7-13-19-25-31-37-50(63)69-49-46-44-47-43-45-48-57(56(47)59(49)71-52(65)39-33-27-21-15-9-3)60(72-53(66)40-34-28-22-16-10-4)62(74-55(68)42-36-30-24-18-12-6)61(73-54(67)41-35-29-23-17-11-5)58(48)70-51(64)38-32-26-20-14-8-2/h43-46H,7-42H2,1-6H3. The first-order valence-electron chi connectivity index (χ1n) is 29.4. The lowest BCUT2D eigenvalue weighted by molar-refractivity contribution is -0.139. The number of unbranched alkanes of at least 4 members (excludes halogenated alkanes) is 24. The summed E-state index contributed by atoms with van der Waals surface area (Å²) in [4.78, 5) is 84.3. The summed E-state index contributed by atoms with van der Waals surface area (Å²) < 4.78 is 37.7. The van der Waals surface area contributed by atoms with Crippen molar-refractivity contribution in [2.24, 2.45) is 0 Å². The predicted octanol–water partition coefficient (Wildman–Crippen LogP) is 17.6. The average Bonchev–Trinajstić information content (AvgIpc) is 3.38. The summed E-state index contributed by atoms with van der Waals surface area (Å²) in [6.45, 7) is 12.7. The van der Waals surface area contributed by atoms with E-state index >= 15 is 0 Å². The van der Waals surface area contributed by atoms with E-state index in [2.05, 4.69) is 41.5 Å². The van der Waals surface area contributed by atoms with Crippen molar-refractivity contribution in [3.8, 4) is 34.5 Å². The summed E-state index contributed by atoms with van der Waals surface area (Å²) in [6.07, 6.45) is 26.5. The van der Waals surface area contributed by atoms with Gasteiger partial charge in [-0.1, -0.05) is 208 Å². The van der Waals surface area contributed by atoms with Gasteiger partial charge in [-0.3, -0.25) is 28.8 Å². The summed E-state index contributed by atoms with van der Waals surface area (Å²) in [5, 5.41) is 0.908. The van der Waals surface area contributed by atoms with Gasteiger partial charge in [-0.15, -0.1) is 0 Å². The Hall–Kier alpha value is -5.00. The lowest BCUT2D eigenvalue weighted by Crippen LogP contribution is -2.17. The lowest BCUT2D eigenvalue weighted by Gasteiger charge is -2.22. The maximum absolute atomic E-state index is 14.3. The van der Waals surface area contributed by atoms with E-state index in [1.165, 1.54) is 0 Å². The molecule has 0 unspecified atom stereocenters. The van der Waals surface area contributed by atoms with Gasteiger partial charge in [-0.05, 0) is 56.0 Å². The second-order valence-electron chi connectivity index (χ2n) is 20.1. The Labute approximate surface area is 444 Å². The molecule has 0 saturated heterocycles. The topological polar surface area (TPSA) is 158 Å². The van der Waals surface area contributed by atoms with Crippen LogP contribution in [0.5, 0.6) is 34.5 Å². The van der Waals surface area contributed by atoms with Crippen LogP contribution >= 0.6 is 0 Å². The molecule has 74 heavy (non-hydrogen) atoms. The smallest absolute Gasteiger partial charge is 0.311 e. The zero-order chi connectivity index (χ0) is 53.8. The van der Waals surface area contributed by atoms with E-state index in [9.17, 15) is 28.8 Å². The number of carbonyl (C=O) groups is 6. The molecule has 0 saturated carbocycles. The van der Waals surface area contributed by atoms with Crippen LogP contribution in [0.25, 0.3) is 21.5 Å². The Morgan fingerprint density at radius 2 is 0.541 bits per heavy atom. The molecule has 0 atom stereocenters. The van der Waals surface area contributed by atoms with Crippen molar-refractivity contribution in [3.05, 3.63) is 24.3 Å². The monoisotopic (exact) mass is 1030 g/mol. The van der Waals surface area contributed by atoms with Gasteiger partial charge in [-0.2, -0.15) is 0 Å². The number of hydrogen-bond acceptors (Lipinski definition) is 12. The third-order valence-corrected chi connectivity index (χ3v) is 13.4. The molecule has 12 nitrogen and oxygen atoms in total.